The fourth-order valence-corrected chi connectivity index (χ4v) is 2.34. The molecule has 0 spiro atoms. The van der Waals surface area contributed by atoms with Gasteiger partial charge in [-0.05, 0) is 23.8 Å². The maximum atomic E-state index is 11.8. The van der Waals surface area contributed by atoms with Crippen molar-refractivity contribution in [3.63, 3.8) is 0 Å². The summed E-state index contributed by atoms with van der Waals surface area (Å²) in [5, 5.41) is 9.48. The number of benzene rings is 2. The van der Waals surface area contributed by atoms with E-state index in [1.54, 1.807) is 0 Å². The number of rotatable bonds is 4. The first-order valence-corrected chi connectivity index (χ1v) is 6.93. The molecule has 0 radical (unpaired) electrons. The summed E-state index contributed by atoms with van der Waals surface area (Å²) < 4.78 is 28.4. The van der Waals surface area contributed by atoms with E-state index >= 15 is 0 Å². The van der Waals surface area contributed by atoms with Crippen LogP contribution in [0, 0.1) is 0 Å². The summed E-state index contributed by atoms with van der Waals surface area (Å²) in [6.07, 6.45) is 2.61. The smallest absolute Gasteiger partial charge is 0.342 e. The van der Waals surface area contributed by atoms with Crippen LogP contribution in [0.1, 0.15) is 5.56 Å². The zero-order valence-corrected chi connectivity index (χ0v) is 10.7. The molecule has 2 aromatic rings. The van der Waals surface area contributed by atoms with Crippen molar-refractivity contribution < 1.29 is 17.7 Å². The molecule has 1 N–H and O–H groups in total. The van der Waals surface area contributed by atoms with Crippen LogP contribution in [-0.2, 0) is 14.3 Å². The second-order valence-corrected chi connectivity index (χ2v) is 5.27. The highest BCUT2D eigenvalue weighted by Crippen LogP contribution is 2.23. The topological polar surface area (TPSA) is 63.6 Å². The van der Waals surface area contributed by atoms with Gasteiger partial charge in [0, 0.05) is 0 Å². The van der Waals surface area contributed by atoms with E-state index in [1.807, 2.05) is 30.3 Å². The van der Waals surface area contributed by atoms with Crippen molar-refractivity contribution in [2.24, 2.45) is 0 Å². The highest BCUT2D eigenvalue weighted by molar-refractivity contribution is 7.87. The van der Waals surface area contributed by atoms with Gasteiger partial charge in [-0.15, -0.1) is 0 Å². The van der Waals surface area contributed by atoms with E-state index in [1.165, 1.54) is 30.3 Å². The van der Waals surface area contributed by atoms with Crippen molar-refractivity contribution in [2.45, 2.75) is 4.90 Å². The van der Waals surface area contributed by atoms with Gasteiger partial charge in [0.2, 0.25) is 0 Å². The highest BCUT2D eigenvalue weighted by Gasteiger charge is 2.18. The molecule has 0 unspecified atom stereocenters. The molecule has 0 saturated heterocycles. The van der Waals surface area contributed by atoms with Gasteiger partial charge in [0.25, 0.3) is 0 Å². The lowest BCUT2D eigenvalue weighted by molar-refractivity contribution is 0.426. The molecule has 0 aliphatic heterocycles. The maximum Gasteiger partial charge on any atom is 0.342 e. The number of para-hydroxylation sites is 1. The Labute approximate surface area is 111 Å². The fraction of sp³-hybridized carbons (Fsp3) is 0. The quantitative estimate of drug-likeness (QED) is 0.689. The standard InChI is InChI=1S/C14H12O4S/c15-13-8-4-5-9-14(13)19(16,17)18-11-10-12-6-2-1-3-7-12/h1-11,15H/b11-10+. The molecule has 2 rings (SSSR count). The maximum absolute atomic E-state index is 11.8. The minimum atomic E-state index is -4.00. The Morgan fingerprint density at radius 2 is 1.58 bits per heavy atom. The fourth-order valence-electron chi connectivity index (χ4n) is 1.46. The molecule has 4 nitrogen and oxygen atoms in total. The van der Waals surface area contributed by atoms with Gasteiger partial charge in [-0.1, -0.05) is 42.5 Å². The average molecular weight is 276 g/mol. The zero-order valence-electron chi connectivity index (χ0n) is 9.93. The van der Waals surface area contributed by atoms with Crippen LogP contribution in [0.4, 0.5) is 0 Å². The van der Waals surface area contributed by atoms with Crippen molar-refractivity contribution >= 4 is 16.2 Å². The van der Waals surface area contributed by atoms with E-state index in [4.69, 9.17) is 4.18 Å². The van der Waals surface area contributed by atoms with Crippen LogP contribution in [0.3, 0.4) is 0 Å². The second-order valence-electron chi connectivity index (χ2n) is 3.73. The van der Waals surface area contributed by atoms with Gasteiger partial charge < -0.3 is 9.29 Å². The lowest BCUT2D eigenvalue weighted by atomic mass is 10.2. The van der Waals surface area contributed by atoms with Crippen LogP contribution in [0.15, 0.2) is 65.8 Å². The van der Waals surface area contributed by atoms with Crippen molar-refractivity contribution in [1.82, 2.24) is 0 Å². The molecule has 0 aliphatic carbocycles. The molecule has 0 atom stereocenters. The normalized spacial score (nSPS) is 11.6. The Morgan fingerprint density at radius 1 is 0.947 bits per heavy atom. The third kappa shape index (κ3) is 3.35. The summed E-state index contributed by atoms with van der Waals surface area (Å²) in [5.74, 6) is -0.337. The van der Waals surface area contributed by atoms with Gasteiger partial charge in [0.15, 0.2) is 0 Å². The Hall–Kier alpha value is -2.27. The van der Waals surface area contributed by atoms with Crippen molar-refractivity contribution in [3.8, 4) is 5.75 Å². The van der Waals surface area contributed by atoms with E-state index in [0.29, 0.717) is 0 Å². The van der Waals surface area contributed by atoms with E-state index in [0.717, 1.165) is 11.8 Å². The summed E-state index contributed by atoms with van der Waals surface area (Å²) >= 11 is 0. The van der Waals surface area contributed by atoms with Crippen LogP contribution in [0.2, 0.25) is 0 Å². The summed E-state index contributed by atoms with van der Waals surface area (Å²) in [7, 11) is -4.00. The Balaban J connectivity index is 2.15. The summed E-state index contributed by atoms with van der Waals surface area (Å²) in [6, 6.07) is 14.8. The predicted molar refractivity (Wildman–Crippen MR) is 71.9 cm³/mol. The minimum absolute atomic E-state index is 0.257. The molecule has 2 aromatic carbocycles. The molecule has 98 valence electrons. The molecule has 5 heteroatoms. The first kappa shape index (κ1) is 13.2. The number of phenolic OH excluding ortho intramolecular Hbond substituents is 1. The Bertz CT molecular complexity index is 676. The number of phenols is 1. The molecule has 0 amide bonds. The summed E-state index contributed by atoms with van der Waals surface area (Å²) in [6.45, 7) is 0. The van der Waals surface area contributed by atoms with Crippen LogP contribution in [-0.4, -0.2) is 13.5 Å². The van der Waals surface area contributed by atoms with Crippen LogP contribution in [0.25, 0.3) is 6.08 Å². The lowest BCUT2D eigenvalue weighted by Gasteiger charge is -2.04. The number of hydrogen-bond acceptors (Lipinski definition) is 4. The molecule has 0 aromatic heterocycles. The van der Waals surface area contributed by atoms with Crippen LogP contribution < -0.4 is 0 Å². The average Bonchev–Trinajstić information content (AvgIpc) is 2.40. The molecular weight excluding hydrogens is 264 g/mol. The van der Waals surface area contributed by atoms with Gasteiger partial charge >= 0.3 is 10.1 Å². The molecule has 0 heterocycles. The third-order valence-electron chi connectivity index (χ3n) is 2.38. The van der Waals surface area contributed by atoms with Gasteiger partial charge in [-0.25, -0.2) is 0 Å². The minimum Gasteiger partial charge on any atom is -0.506 e. The molecular formula is C14H12O4S. The molecule has 0 bridgehead atoms. The van der Waals surface area contributed by atoms with Gasteiger partial charge in [0.1, 0.15) is 16.9 Å². The van der Waals surface area contributed by atoms with Crippen molar-refractivity contribution in [1.29, 1.82) is 0 Å². The third-order valence-corrected chi connectivity index (χ3v) is 3.63. The second kappa shape index (κ2) is 5.58. The van der Waals surface area contributed by atoms with Crippen molar-refractivity contribution in [3.05, 3.63) is 66.4 Å². The van der Waals surface area contributed by atoms with E-state index in [9.17, 15) is 13.5 Å². The largest absolute Gasteiger partial charge is 0.506 e. The number of aromatic hydroxyl groups is 1. The number of hydrogen-bond donors (Lipinski definition) is 1. The SMILES string of the molecule is O=S(=O)(O/C=C/c1ccccc1)c1ccccc1O. The van der Waals surface area contributed by atoms with E-state index < -0.39 is 10.1 Å². The van der Waals surface area contributed by atoms with E-state index in [2.05, 4.69) is 0 Å². The highest BCUT2D eigenvalue weighted by atomic mass is 32.2. The molecule has 0 fully saturated rings. The predicted octanol–water partition coefficient (Wildman–Crippen LogP) is 2.77. The van der Waals surface area contributed by atoms with Crippen LogP contribution >= 0.6 is 0 Å². The first-order chi connectivity index (χ1) is 9.09. The summed E-state index contributed by atoms with van der Waals surface area (Å²) in [5.41, 5.74) is 0.815. The molecule has 0 aliphatic rings. The molecule has 19 heavy (non-hydrogen) atoms. The zero-order chi connectivity index (χ0) is 13.7. The van der Waals surface area contributed by atoms with Crippen LogP contribution in [0.5, 0.6) is 5.75 Å². The van der Waals surface area contributed by atoms with E-state index in [-0.39, 0.29) is 10.6 Å². The monoisotopic (exact) mass is 276 g/mol. The van der Waals surface area contributed by atoms with Gasteiger partial charge in [-0.3, -0.25) is 0 Å². The van der Waals surface area contributed by atoms with Gasteiger partial charge in [-0.2, -0.15) is 8.42 Å². The Morgan fingerprint density at radius 3 is 2.26 bits per heavy atom. The Kier molecular flexibility index (Phi) is 3.87. The lowest BCUT2D eigenvalue weighted by Crippen LogP contribution is -2.02. The van der Waals surface area contributed by atoms with Crippen molar-refractivity contribution in [2.75, 3.05) is 0 Å². The van der Waals surface area contributed by atoms with Gasteiger partial charge in [0.05, 0.1) is 0 Å². The molecule has 0 saturated carbocycles. The first-order valence-electron chi connectivity index (χ1n) is 5.52. The summed E-state index contributed by atoms with van der Waals surface area (Å²) in [4.78, 5) is -0.257.